The molecule has 8 nitrogen and oxygen atoms in total. The molecule has 200 valence electrons. The summed E-state index contributed by atoms with van der Waals surface area (Å²) in [5, 5.41) is 10.6. The Balaban J connectivity index is 1.50. The second-order valence-electron chi connectivity index (χ2n) is 9.93. The fraction of sp³-hybridized carbons (Fsp3) is 0.194. The summed E-state index contributed by atoms with van der Waals surface area (Å²) < 4.78 is 1.57. The highest BCUT2D eigenvalue weighted by molar-refractivity contribution is 7.12. The van der Waals surface area contributed by atoms with Gasteiger partial charge in [0.2, 0.25) is 0 Å². The fourth-order valence-electron chi connectivity index (χ4n) is 5.58. The Kier molecular flexibility index (Phi) is 6.51. The van der Waals surface area contributed by atoms with Crippen molar-refractivity contribution in [2.24, 2.45) is 4.99 Å². The lowest BCUT2D eigenvalue weighted by atomic mass is 9.88. The molecule has 0 spiro atoms. The van der Waals surface area contributed by atoms with E-state index in [1.807, 2.05) is 60.5 Å². The first kappa shape index (κ1) is 25.6. The zero-order valence-corrected chi connectivity index (χ0v) is 23.2. The van der Waals surface area contributed by atoms with Crippen LogP contribution in [0.3, 0.4) is 0 Å². The molecule has 1 atom stereocenters. The van der Waals surface area contributed by atoms with Crippen molar-refractivity contribution in [1.82, 2.24) is 19.4 Å². The second kappa shape index (κ2) is 10.2. The monoisotopic (exact) mass is 548 g/mol. The van der Waals surface area contributed by atoms with Gasteiger partial charge in [-0.3, -0.25) is 29.5 Å². The van der Waals surface area contributed by atoms with Crippen molar-refractivity contribution >= 4 is 34.1 Å². The number of thiophene rings is 1. The van der Waals surface area contributed by atoms with Crippen molar-refractivity contribution in [2.45, 2.75) is 26.3 Å². The molecule has 4 heterocycles. The van der Waals surface area contributed by atoms with Crippen LogP contribution in [0.1, 0.15) is 49.1 Å². The van der Waals surface area contributed by atoms with Crippen LogP contribution in [0.15, 0.2) is 82.2 Å². The number of rotatable bonds is 3. The lowest BCUT2D eigenvalue weighted by Crippen LogP contribution is -2.41. The van der Waals surface area contributed by atoms with E-state index in [0.717, 1.165) is 33.6 Å². The number of hydrogen-bond donors (Lipinski definition) is 2. The molecule has 0 radical (unpaired) electrons. The number of aliphatic imine (C=N–C) groups is 1. The minimum absolute atomic E-state index is 0.114. The lowest BCUT2D eigenvalue weighted by molar-refractivity contribution is 0.0694. The molecule has 3 aromatic heterocycles. The molecule has 1 unspecified atom stereocenters. The molecule has 1 aliphatic rings. The maximum absolute atomic E-state index is 14.3. The molecule has 2 N–H and O–H groups in total. The van der Waals surface area contributed by atoms with Crippen LogP contribution in [0.2, 0.25) is 0 Å². The summed E-state index contributed by atoms with van der Waals surface area (Å²) >= 11 is 1.51. The Morgan fingerprint density at radius 3 is 2.60 bits per heavy atom. The lowest BCUT2D eigenvalue weighted by Gasteiger charge is -2.38. The number of pyridine rings is 1. The van der Waals surface area contributed by atoms with E-state index in [-0.39, 0.29) is 17.4 Å². The molecule has 9 heteroatoms. The number of nitrogens with one attached hydrogen (secondary N) is 2. The van der Waals surface area contributed by atoms with Crippen molar-refractivity contribution in [1.29, 1.82) is 5.41 Å². The summed E-state index contributed by atoms with van der Waals surface area (Å²) in [5.74, 6) is 0.411. The molecule has 0 saturated heterocycles. The van der Waals surface area contributed by atoms with Crippen LogP contribution in [0.4, 0.5) is 0 Å². The number of amides is 1. The summed E-state index contributed by atoms with van der Waals surface area (Å²) in [6.45, 7) is 4.44. The highest BCUT2D eigenvalue weighted by Gasteiger charge is 2.33. The molecular weight excluding hydrogens is 520 g/mol. The number of aromatic nitrogens is 3. The number of fused-ring (bicyclic) bond motifs is 2. The standard InChI is InChI=1S/C31H28N6O2S/c1-18-11-15-40-27(18)29(33-3)37-25-16-19(2)23(17-24(25)35-30(38)28(37)32)31(39)36-14-10-20-6-4-5-7-22(20)26(36)21-8-12-34-13-9-21/h4-9,11-13,15-17,26,32H,10,14H2,1-3H3,(H,35,38)/b32-28?,33-29-. The van der Waals surface area contributed by atoms with Crippen molar-refractivity contribution < 1.29 is 4.79 Å². The van der Waals surface area contributed by atoms with Crippen molar-refractivity contribution in [2.75, 3.05) is 13.6 Å². The molecule has 2 aromatic carbocycles. The Hall–Kier alpha value is -4.63. The SMILES string of the molecule is C/N=C(/c1sccc1C)n1c(=N)c(=O)[nH]c2cc(C(=O)N3CCc4ccccc4C3c3ccncc3)c(C)cc21. The molecule has 0 fully saturated rings. The van der Waals surface area contributed by atoms with E-state index in [0.29, 0.717) is 29.0 Å². The predicted molar refractivity (Wildman–Crippen MR) is 157 cm³/mol. The van der Waals surface area contributed by atoms with Gasteiger partial charge < -0.3 is 9.88 Å². The minimum atomic E-state index is -0.549. The molecule has 1 aliphatic heterocycles. The molecule has 40 heavy (non-hydrogen) atoms. The molecule has 0 bridgehead atoms. The summed E-state index contributed by atoms with van der Waals surface area (Å²) in [7, 11) is 1.66. The third-order valence-corrected chi connectivity index (χ3v) is 8.57. The van der Waals surface area contributed by atoms with E-state index in [1.165, 1.54) is 16.9 Å². The van der Waals surface area contributed by atoms with Gasteiger partial charge in [-0.25, -0.2) is 0 Å². The van der Waals surface area contributed by atoms with E-state index < -0.39 is 5.56 Å². The predicted octanol–water partition coefficient (Wildman–Crippen LogP) is 4.60. The van der Waals surface area contributed by atoms with Gasteiger partial charge in [-0.15, -0.1) is 11.3 Å². The van der Waals surface area contributed by atoms with Crippen LogP contribution in [0, 0.1) is 19.3 Å². The Bertz CT molecular complexity index is 1920. The van der Waals surface area contributed by atoms with Gasteiger partial charge in [0.25, 0.3) is 11.5 Å². The number of benzene rings is 2. The molecular formula is C31H28N6O2S. The Morgan fingerprint density at radius 2 is 1.88 bits per heavy atom. The maximum Gasteiger partial charge on any atom is 0.291 e. The van der Waals surface area contributed by atoms with Crippen molar-refractivity contribution in [3.05, 3.63) is 126 Å². The average Bonchev–Trinajstić information content (AvgIpc) is 3.40. The van der Waals surface area contributed by atoms with E-state index in [9.17, 15) is 9.59 Å². The zero-order chi connectivity index (χ0) is 28.0. The number of carbonyl (C=O) groups is 1. The number of aryl methyl sites for hydroxylation is 2. The summed E-state index contributed by atoms with van der Waals surface area (Å²) in [5.41, 5.74) is 5.92. The van der Waals surface area contributed by atoms with Gasteiger partial charge >= 0.3 is 0 Å². The molecule has 6 rings (SSSR count). The van der Waals surface area contributed by atoms with Crippen LogP contribution in [-0.4, -0.2) is 44.8 Å². The molecule has 1 amide bonds. The van der Waals surface area contributed by atoms with Gasteiger partial charge in [-0.1, -0.05) is 24.3 Å². The van der Waals surface area contributed by atoms with Crippen LogP contribution >= 0.6 is 11.3 Å². The van der Waals surface area contributed by atoms with Crippen LogP contribution in [0.25, 0.3) is 11.0 Å². The summed E-state index contributed by atoms with van der Waals surface area (Å²) in [4.78, 5) is 41.5. The van der Waals surface area contributed by atoms with Gasteiger partial charge in [0.15, 0.2) is 11.3 Å². The normalized spacial score (nSPS) is 15.3. The van der Waals surface area contributed by atoms with Crippen LogP contribution in [0.5, 0.6) is 0 Å². The van der Waals surface area contributed by atoms with Crippen molar-refractivity contribution in [3.8, 4) is 0 Å². The second-order valence-corrected chi connectivity index (χ2v) is 10.8. The van der Waals surface area contributed by atoms with Gasteiger partial charge in [0.05, 0.1) is 22.0 Å². The molecule has 0 saturated carbocycles. The van der Waals surface area contributed by atoms with Gasteiger partial charge in [0.1, 0.15) is 0 Å². The average molecular weight is 549 g/mol. The van der Waals surface area contributed by atoms with Crippen LogP contribution < -0.4 is 11.0 Å². The van der Waals surface area contributed by atoms with E-state index in [2.05, 4.69) is 27.1 Å². The number of carbonyl (C=O) groups excluding carboxylic acids is 1. The quantitative estimate of drug-likeness (QED) is 0.254. The number of hydrogen-bond acceptors (Lipinski definition) is 6. The highest BCUT2D eigenvalue weighted by Crippen LogP contribution is 2.36. The zero-order valence-electron chi connectivity index (χ0n) is 22.4. The largest absolute Gasteiger partial charge is 0.327 e. The first-order valence-electron chi connectivity index (χ1n) is 13.0. The van der Waals surface area contributed by atoms with Gasteiger partial charge in [-0.05, 0) is 83.8 Å². The number of nitrogens with zero attached hydrogens (tertiary/aromatic N) is 4. The molecule has 0 aliphatic carbocycles. The van der Waals surface area contributed by atoms with Gasteiger partial charge in [-0.2, -0.15) is 0 Å². The molecule has 5 aromatic rings. The third-order valence-electron chi connectivity index (χ3n) is 7.56. The number of H-pyrrole nitrogens is 1. The minimum Gasteiger partial charge on any atom is -0.327 e. The smallest absolute Gasteiger partial charge is 0.291 e. The topological polar surface area (TPSA) is 107 Å². The Labute approximate surface area is 234 Å². The fourth-order valence-corrected chi connectivity index (χ4v) is 6.53. The first-order chi connectivity index (χ1) is 19.4. The van der Waals surface area contributed by atoms with Gasteiger partial charge in [0, 0.05) is 31.5 Å². The van der Waals surface area contributed by atoms with E-state index >= 15 is 0 Å². The summed E-state index contributed by atoms with van der Waals surface area (Å²) in [6.07, 6.45) is 4.26. The summed E-state index contributed by atoms with van der Waals surface area (Å²) in [6, 6.07) is 17.5. The highest BCUT2D eigenvalue weighted by atomic mass is 32.1. The third kappa shape index (κ3) is 4.19. The first-order valence-corrected chi connectivity index (χ1v) is 13.9. The van der Waals surface area contributed by atoms with Crippen molar-refractivity contribution in [3.63, 3.8) is 0 Å². The van der Waals surface area contributed by atoms with E-state index in [4.69, 9.17) is 5.41 Å². The van der Waals surface area contributed by atoms with E-state index in [1.54, 1.807) is 30.1 Å². The number of aromatic amines is 1. The van der Waals surface area contributed by atoms with Crippen LogP contribution in [-0.2, 0) is 6.42 Å². The maximum atomic E-state index is 14.3. The Morgan fingerprint density at radius 1 is 1.10 bits per heavy atom.